The molecule has 4 rings (SSSR count). The Morgan fingerprint density at radius 3 is 2.62 bits per heavy atom. The molecule has 1 fully saturated rings. The molecule has 3 aromatic heterocycles. The van der Waals surface area contributed by atoms with Gasteiger partial charge >= 0.3 is 0 Å². The van der Waals surface area contributed by atoms with Gasteiger partial charge in [0.15, 0.2) is 5.69 Å². The second kappa shape index (κ2) is 8.73. The molecule has 2 atom stereocenters. The molecule has 9 nitrogen and oxygen atoms in total. The van der Waals surface area contributed by atoms with Crippen LogP contribution >= 0.6 is 11.6 Å². The number of anilines is 1. The molecule has 4 heterocycles. The van der Waals surface area contributed by atoms with Gasteiger partial charge in [0.1, 0.15) is 5.69 Å². The number of hydrogen-bond donors (Lipinski definition) is 1. The molecule has 1 unspecified atom stereocenters. The first-order valence-electron chi connectivity index (χ1n) is 9.98. The predicted molar refractivity (Wildman–Crippen MR) is 113 cm³/mol. The van der Waals surface area contributed by atoms with Crippen LogP contribution in [0.15, 0.2) is 36.9 Å². The summed E-state index contributed by atoms with van der Waals surface area (Å²) in [6.45, 7) is 2.89. The highest BCUT2D eigenvalue weighted by atomic mass is 35.5. The summed E-state index contributed by atoms with van der Waals surface area (Å²) in [4.78, 5) is 28.4. The summed E-state index contributed by atoms with van der Waals surface area (Å²) in [5, 5.41) is 11.5. The lowest BCUT2D eigenvalue weighted by molar-refractivity contribution is -0.0899. The van der Waals surface area contributed by atoms with E-state index in [9.17, 15) is 13.6 Å². The van der Waals surface area contributed by atoms with Crippen molar-refractivity contribution in [3.05, 3.63) is 53.3 Å². The van der Waals surface area contributed by atoms with Gasteiger partial charge < -0.3 is 10.2 Å². The lowest BCUT2D eigenvalue weighted by Crippen LogP contribution is -2.57. The Bertz CT molecular complexity index is 1090. The molecule has 32 heavy (non-hydrogen) atoms. The summed E-state index contributed by atoms with van der Waals surface area (Å²) >= 11 is 5.81. The van der Waals surface area contributed by atoms with Crippen molar-refractivity contribution in [3.8, 4) is 5.69 Å². The third-order valence-corrected chi connectivity index (χ3v) is 5.48. The zero-order chi connectivity index (χ0) is 22.9. The number of carbonyl (C=O) groups is 1. The SMILES string of the molecule is Cc1ccc(-n2nccn2)c(C(=O)N2CC(F)(F)CC(C)[C@H]2CNc2ncc(Cl)cn2)n1. The minimum atomic E-state index is -3.02. The third kappa shape index (κ3) is 4.67. The summed E-state index contributed by atoms with van der Waals surface area (Å²) in [7, 11) is 0. The summed E-state index contributed by atoms with van der Waals surface area (Å²) in [5.41, 5.74) is 0.907. The second-order valence-corrected chi connectivity index (χ2v) is 8.22. The molecule has 1 N–H and O–H groups in total. The lowest BCUT2D eigenvalue weighted by Gasteiger charge is -2.43. The third-order valence-electron chi connectivity index (χ3n) is 5.28. The van der Waals surface area contributed by atoms with Gasteiger partial charge in [-0.1, -0.05) is 18.5 Å². The van der Waals surface area contributed by atoms with E-state index in [-0.39, 0.29) is 18.7 Å². The molecule has 1 aliphatic heterocycles. The number of piperidine rings is 1. The van der Waals surface area contributed by atoms with Gasteiger partial charge in [0.25, 0.3) is 11.8 Å². The smallest absolute Gasteiger partial charge is 0.275 e. The van der Waals surface area contributed by atoms with E-state index in [1.54, 1.807) is 26.0 Å². The second-order valence-electron chi connectivity index (χ2n) is 7.78. The van der Waals surface area contributed by atoms with Crippen molar-refractivity contribution < 1.29 is 13.6 Å². The van der Waals surface area contributed by atoms with Crippen LogP contribution in [0.1, 0.15) is 29.5 Å². The average Bonchev–Trinajstić information content (AvgIpc) is 3.27. The minimum Gasteiger partial charge on any atom is -0.352 e. The molecule has 0 radical (unpaired) electrons. The lowest BCUT2D eigenvalue weighted by atomic mass is 9.88. The van der Waals surface area contributed by atoms with Crippen LogP contribution in [0, 0.1) is 12.8 Å². The molecule has 0 aliphatic carbocycles. The molecule has 168 valence electrons. The van der Waals surface area contributed by atoms with E-state index >= 15 is 0 Å². The van der Waals surface area contributed by atoms with Gasteiger partial charge in [0.2, 0.25) is 5.95 Å². The molecule has 1 aliphatic rings. The number of nitrogens with one attached hydrogen (secondary N) is 1. The molecule has 12 heteroatoms. The maximum Gasteiger partial charge on any atom is 0.275 e. The fraction of sp³-hybridized carbons (Fsp3) is 0.400. The zero-order valence-corrected chi connectivity index (χ0v) is 18.2. The van der Waals surface area contributed by atoms with E-state index in [2.05, 4.69) is 30.5 Å². The average molecular weight is 463 g/mol. The van der Waals surface area contributed by atoms with Crippen molar-refractivity contribution in [2.24, 2.45) is 5.92 Å². The summed E-state index contributed by atoms with van der Waals surface area (Å²) in [6, 6.07) is 2.82. The van der Waals surface area contributed by atoms with Gasteiger partial charge in [0.05, 0.1) is 42.4 Å². The van der Waals surface area contributed by atoms with Crippen LogP contribution in [0.5, 0.6) is 0 Å². The summed E-state index contributed by atoms with van der Waals surface area (Å²) in [6.07, 6.45) is 5.45. The largest absolute Gasteiger partial charge is 0.352 e. The van der Waals surface area contributed by atoms with Crippen LogP contribution in [0.25, 0.3) is 5.69 Å². The maximum atomic E-state index is 14.5. The Labute approximate surface area is 187 Å². The molecular formula is C20H21ClF2N8O. The number of nitrogens with zero attached hydrogens (tertiary/aromatic N) is 7. The van der Waals surface area contributed by atoms with Crippen LogP contribution < -0.4 is 5.32 Å². The van der Waals surface area contributed by atoms with Crippen LogP contribution in [-0.2, 0) is 0 Å². The van der Waals surface area contributed by atoms with Gasteiger partial charge in [-0.15, -0.1) is 4.80 Å². The summed E-state index contributed by atoms with van der Waals surface area (Å²) in [5.74, 6) is -3.83. The fourth-order valence-electron chi connectivity index (χ4n) is 3.82. The highest BCUT2D eigenvalue weighted by Crippen LogP contribution is 2.35. The molecule has 0 spiro atoms. The predicted octanol–water partition coefficient (Wildman–Crippen LogP) is 3.01. The highest BCUT2D eigenvalue weighted by molar-refractivity contribution is 6.30. The molecule has 0 aromatic carbocycles. The first-order valence-corrected chi connectivity index (χ1v) is 10.4. The van der Waals surface area contributed by atoms with Crippen LogP contribution in [0.2, 0.25) is 5.02 Å². The van der Waals surface area contributed by atoms with Gasteiger partial charge in [-0.2, -0.15) is 10.2 Å². The minimum absolute atomic E-state index is 0.0128. The maximum absolute atomic E-state index is 14.5. The molecular weight excluding hydrogens is 442 g/mol. The van der Waals surface area contributed by atoms with Crippen molar-refractivity contribution in [2.75, 3.05) is 18.4 Å². The van der Waals surface area contributed by atoms with E-state index in [0.29, 0.717) is 22.4 Å². The number of hydrogen-bond acceptors (Lipinski definition) is 7. The van der Waals surface area contributed by atoms with Crippen LogP contribution in [-0.4, -0.2) is 65.8 Å². The monoisotopic (exact) mass is 462 g/mol. The number of aryl methyl sites for hydroxylation is 1. The molecule has 0 saturated carbocycles. The Morgan fingerprint density at radius 2 is 1.94 bits per heavy atom. The highest BCUT2D eigenvalue weighted by Gasteiger charge is 2.46. The molecule has 0 bridgehead atoms. The first kappa shape index (κ1) is 22.0. The number of rotatable bonds is 5. The van der Waals surface area contributed by atoms with Gasteiger partial charge in [-0.25, -0.2) is 23.7 Å². The van der Waals surface area contributed by atoms with E-state index in [1.807, 2.05) is 0 Å². The number of pyridine rings is 1. The number of aromatic nitrogens is 6. The molecule has 1 saturated heterocycles. The Kier molecular flexibility index (Phi) is 6.00. The Morgan fingerprint density at radius 1 is 1.25 bits per heavy atom. The number of halogens is 3. The van der Waals surface area contributed by atoms with Gasteiger partial charge in [-0.3, -0.25) is 4.79 Å². The van der Waals surface area contributed by atoms with Crippen molar-refractivity contribution in [1.82, 2.24) is 34.8 Å². The number of amides is 1. The standard InChI is InChI=1S/C20H21ClF2N8O/c1-12-7-20(22,23)11-30(16(12)10-26-19-24-8-14(21)9-25-19)18(32)17-15(4-3-13(2)29-17)31-27-5-6-28-31/h3-6,8-9,12,16H,7,10-11H2,1-2H3,(H,24,25,26)/t12?,16-/m1/s1. The van der Waals surface area contributed by atoms with E-state index in [0.717, 1.165) is 0 Å². The van der Waals surface area contributed by atoms with Crippen LogP contribution in [0.4, 0.5) is 14.7 Å². The quantitative estimate of drug-likeness (QED) is 0.621. The van der Waals surface area contributed by atoms with Crippen molar-refractivity contribution in [2.45, 2.75) is 32.2 Å². The fourth-order valence-corrected chi connectivity index (χ4v) is 3.92. The van der Waals surface area contributed by atoms with Crippen LogP contribution in [0.3, 0.4) is 0 Å². The van der Waals surface area contributed by atoms with Gasteiger partial charge in [0, 0.05) is 18.7 Å². The number of alkyl halides is 2. The van der Waals surface area contributed by atoms with E-state index < -0.39 is 30.3 Å². The number of carbonyl (C=O) groups excluding carboxylic acids is 1. The van der Waals surface area contributed by atoms with E-state index in [4.69, 9.17) is 11.6 Å². The Balaban J connectivity index is 1.65. The van der Waals surface area contributed by atoms with Crippen molar-refractivity contribution in [1.29, 1.82) is 0 Å². The van der Waals surface area contributed by atoms with Gasteiger partial charge in [-0.05, 0) is 25.0 Å². The topological polar surface area (TPSA) is 102 Å². The first-order chi connectivity index (χ1) is 15.2. The molecule has 1 amide bonds. The van der Waals surface area contributed by atoms with E-state index in [1.165, 1.54) is 34.5 Å². The molecule has 3 aromatic rings. The zero-order valence-electron chi connectivity index (χ0n) is 17.4. The normalized spacial score (nSPS) is 20.2. The summed E-state index contributed by atoms with van der Waals surface area (Å²) < 4.78 is 29.0. The Hall–Kier alpha value is -3.21. The van der Waals surface area contributed by atoms with Crippen molar-refractivity contribution in [3.63, 3.8) is 0 Å². The number of likely N-dealkylation sites (tertiary alicyclic amines) is 1. The van der Waals surface area contributed by atoms with Crippen molar-refractivity contribution >= 4 is 23.5 Å².